The number of rotatable bonds is 9. The van der Waals surface area contributed by atoms with Gasteiger partial charge in [0.2, 0.25) is 0 Å². The Kier molecular flexibility index (Phi) is 8.79. The zero-order valence-corrected chi connectivity index (χ0v) is 20.2. The Morgan fingerprint density at radius 3 is 2.77 bits per heavy atom. The maximum Gasteiger partial charge on any atom is 0.197 e. The molecule has 7 heteroatoms. The van der Waals surface area contributed by atoms with Crippen LogP contribution >= 0.6 is 23.1 Å². The van der Waals surface area contributed by atoms with E-state index >= 15 is 0 Å². The number of aromatic nitrogens is 1. The van der Waals surface area contributed by atoms with Crippen molar-refractivity contribution in [1.29, 1.82) is 0 Å². The van der Waals surface area contributed by atoms with Gasteiger partial charge in [-0.2, -0.15) is 0 Å². The lowest BCUT2D eigenvalue weighted by atomic mass is 10.1. The third-order valence-electron chi connectivity index (χ3n) is 4.65. The Morgan fingerprint density at radius 1 is 1.16 bits per heavy atom. The summed E-state index contributed by atoms with van der Waals surface area (Å²) < 4.78 is 6.25. The molecule has 5 nitrogen and oxygen atoms in total. The van der Waals surface area contributed by atoms with Gasteiger partial charge in [0.1, 0.15) is 11.5 Å². The Bertz CT molecular complexity index is 1020. The summed E-state index contributed by atoms with van der Waals surface area (Å²) in [6, 6.07) is 14.2. The second-order valence-corrected chi connectivity index (χ2v) is 9.15. The fraction of sp³-hybridized carbons (Fsp3) is 0.333. The van der Waals surface area contributed by atoms with Gasteiger partial charge in [-0.1, -0.05) is 43.2 Å². The smallest absolute Gasteiger partial charge is 0.197 e. The van der Waals surface area contributed by atoms with Crippen molar-refractivity contribution < 1.29 is 4.74 Å². The van der Waals surface area contributed by atoms with Gasteiger partial charge in [0, 0.05) is 18.0 Å². The average molecular weight is 455 g/mol. The van der Waals surface area contributed by atoms with Crippen molar-refractivity contribution in [1.82, 2.24) is 10.3 Å². The van der Waals surface area contributed by atoms with Crippen molar-refractivity contribution in [2.45, 2.75) is 33.6 Å². The molecule has 0 atom stereocenters. The molecule has 0 unspecified atom stereocenters. The molecule has 3 rings (SSSR count). The predicted molar refractivity (Wildman–Crippen MR) is 136 cm³/mol. The predicted octanol–water partition coefficient (Wildman–Crippen LogP) is 6.70. The first-order valence-corrected chi connectivity index (χ1v) is 12.5. The summed E-state index contributed by atoms with van der Waals surface area (Å²) in [5.41, 5.74) is 4.17. The van der Waals surface area contributed by atoms with Crippen molar-refractivity contribution in [3.05, 3.63) is 59.0 Å². The van der Waals surface area contributed by atoms with Crippen molar-refractivity contribution in [2.24, 2.45) is 4.99 Å². The van der Waals surface area contributed by atoms with E-state index in [2.05, 4.69) is 48.5 Å². The van der Waals surface area contributed by atoms with Gasteiger partial charge in [-0.3, -0.25) is 4.99 Å². The lowest BCUT2D eigenvalue weighted by Gasteiger charge is -2.12. The fourth-order valence-electron chi connectivity index (χ4n) is 2.97. The van der Waals surface area contributed by atoms with E-state index in [0.29, 0.717) is 0 Å². The molecular weight excluding hydrogens is 424 g/mol. The number of aliphatic imine (C=N–C) groups is 1. The summed E-state index contributed by atoms with van der Waals surface area (Å²) in [5.74, 6) is 4.35. The third kappa shape index (κ3) is 6.74. The Labute approximate surface area is 193 Å². The molecule has 2 aromatic carbocycles. The van der Waals surface area contributed by atoms with Gasteiger partial charge >= 0.3 is 0 Å². The highest BCUT2D eigenvalue weighted by molar-refractivity contribution is 7.99. The number of thiazole rings is 1. The first-order chi connectivity index (χ1) is 15.1. The SMILES string of the molecule is CCCCSCNC(=NC)Nc1nc(-c2ccccc2Oc2ccc(C)cc2C)cs1. The normalized spacial score (nSPS) is 11.4. The Balaban J connectivity index is 1.69. The quantitative estimate of drug-likeness (QED) is 0.163. The van der Waals surface area contributed by atoms with E-state index in [4.69, 9.17) is 9.72 Å². The Morgan fingerprint density at radius 2 is 2.00 bits per heavy atom. The Hall–Kier alpha value is -2.51. The maximum absolute atomic E-state index is 6.25. The topological polar surface area (TPSA) is 58.5 Å². The van der Waals surface area contributed by atoms with E-state index in [9.17, 15) is 0 Å². The standard InChI is InChI=1S/C24H30N4OS2/c1-5-6-13-30-16-26-23(25-4)28-24-27-20(15-31-24)19-9-7-8-10-22(19)29-21-12-11-17(2)14-18(21)3/h7-12,14-15H,5-6,13,16H2,1-4H3,(H2,25,26,27,28). The minimum atomic E-state index is 0.727. The number of unbranched alkanes of at least 4 members (excludes halogenated alkanes) is 1. The summed E-state index contributed by atoms with van der Waals surface area (Å²) in [6.45, 7) is 6.36. The number of benzene rings is 2. The number of hydrogen-bond donors (Lipinski definition) is 2. The van der Waals surface area contributed by atoms with E-state index in [-0.39, 0.29) is 0 Å². The molecule has 0 fully saturated rings. The monoisotopic (exact) mass is 454 g/mol. The molecule has 31 heavy (non-hydrogen) atoms. The molecule has 0 radical (unpaired) electrons. The van der Waals surface area contributed by atoms with Crippen LogP contribution in [0.4, 0.5) is 5.13 Å². The van der Waals surface area contributed by atoms with Crippen LogP contribution in [0.2, 0.25) is 0 Å². The summed E-state index contributed by atoms with van der Waals surface area (Å²) in [4.78, 5) is 9.06. The zero-order valence-electron chi connectivity index (χ0n) is 18.6. The van der Waals surface area contributed by atoms with E-state index in [1.807, 2.05) is 47.5 Å². The van der Waals surface area contributed by atoms with Crippen molar-refractivity contribution in [3.63, 3.8) is 0 Å². The molecule has 0 aliphatic heterocycles. The summed E-state index contributed by atoms with van der Waals surface area (Å²) in [7, 11) is 1.77. The van der Waals surface area contributed by atoms with E-state index in [1.54, 1.807) is 18.4 Å². The van der Waals surface area contributed by atoms with Crippen molar-refractivity contribution >= 4 is 34.2 Å². The number of ether oxygens (including phenoxy) is 1. The molecule has 164 valence electrons. The highest BCUT2D eigenvalue weighted by Crippen LogP contribution is 2.35. The number of para-hydroxylation sites is 1. The van der Waals surface area contributed by atoms with Crippen LogP contribution < -0.4 is 15.4 Å². The summed E-state index contributed by atoms with van der Waals surface area (Å²) >= 11 is 3.42. The van der Waals surface area contributed by atoms with Gasteiger partial charge in [-0.25, -0.2) is 4.98 Å². The molecule has 0 aliphatic rings. The number of aryl methyl sites for hydroxylation is 2. The lowest BCUT2D eigenvalue weighted by Crippen LogP contribution is -2.30. The molecule has 1 heterocycles. The molecule has 0 amide bonds. The van der Waals surface area contributed by atoms with E-state index in [1.165, 1.54) is 18.4 Å². The minimum absolute atomic E-state index is 0.727. The van der Waals surface area contributed by atoms with Crippen molar-refractivity contribution in [2.75, 3.05) is 24.0 Å². The largest absolute Gasteiger partial charge is 0.456 e. The highest BCUT2D eigenvalue weighted by Gasteiger charge is 2.12. The number of guanidine groups is 1. The second kappa shape index (κ2) is 11.8. The van der Waals surface area contributed by atoms with Crippen LogP contribution in [0.5, 0.6) is 11.5 Å². The number of nitrogens with zero attached hydrogens (tertiary/aromatic N) is 2. The molecule has 0 aliphatic carbocycles. The summed E-state index contributed by atoms with van der Waals surface area (Å²) in [6.07, 6.45) is 2.45. The number of anilines is 1. The molecule has 0 spiro atoms. The van der Waals surface area contributed by atoms with Crippen LogP contribution in [0.3, 0.4) is 0 Å². The first kappa shape index (κ1) is 23.2. The zero-order chi connectivity index (χ0) is 22.1. The van der Waals surface area contributed by atoms with Gasteiger partial charge in [-0.15, -0.1) is 23.1 Å². The van der Waals surface area contributed by atoms with Crippen LogP contribution in [0.1, 0.15) is 30.9 Å². The fourth-order valence-corrected chi connectivity index (χ4v) is 4.56. The molecular formula is C24H30N4OS2. The van der Waals surface area contributed by atoms with Crippen LogP contribution in [0, 0.1) is 13.8 Å². The van der Waals surface area contributed by atoms with Crippen LogP contribution in [0.25, 0.3) is 11.3 Å². The molecule has 2 N–H and O–H groups in total. The average Bonchev–Trinajstić information content (AvgIpc) is 3.23. The van der Waals surface area contributed by atoms with E-state index < -0.39 is 0 Å². The molecule has 0 bridgehead atoms. The maximum atomic E-state index is 6.25. The van der Waals surface area contributed by atoms with Gasteiger partial charge < -0.3 is 15.4 Å². The molecule has 0 saturated carbocycles. The minimum Gasteiger partial charge on any atom is -0.456 e. The van der Waals surface area contributed by atoms with Gasteiger partial charge in [-0.05, 0) is 49.8 Å². The van der Waals surface area contributed by atoms with E-state index in [0.717, 1.165) is 51.0 Å². The van der Waals surface area contributed by atoms with Crippen LogP contribution in [-0.2, 0) is 0 Å². The second-order valence-electron chi connectivity index (χ2n) is 7.19. The van der Waals surface area contributed by atoms with Gasteiger partial charge in [0.05, 0.1) is 11.6 Å². The first-order valence-electron chi connectivity index (χ1n) is 10.5. The number of thioether (sulfide) groups is 1. The van der Waals surface area contributed by atoms with Crippen LogP contribution in [-0.4, -0.2) is 29.6 Å². The number of nitrogens with one attached hydrogen (secondary N) is 2. The molecule has 1 aromatic heterocycles. The highest BCUT2D eigenvalue weighted by atomic mass is 32.2. The third-order valence-corrected chi connectivity index (χ3v) is 6.33. The van der Waals surface area contributed by atoms with Crippen molar-refractivity contribution in [3.8, 4) is 22.8 Å². The van der Waals surface area contributed by atoms with Gasteiger partial charge in [0.15, 0.2) is 11.1 Å². The summed E-state index contributed by atoms with van der Waals surface area (Å²) in [5, 5.41) is 9.44. The van der Waals surface area contributed by atoms with Gasteiger partial charge in [0.25, 0.3) is 0 Å². The lowest BCUT2D eigenvalue weighted by molar-refractivity contribution is 0.480. The molecule has 0 saturated heterocycles. The number of hydrogen-bond acceptors (Lipinski definition) is 5. The van der Waals surface area contributed by atoms with Crippen LogP contribution in [0.15, 0.2) is 52.8 Å². The molecule has 3 aromatic rings.